The van der Waals surface area contributed by atoms with E-state index in [1.165, 1.54) is 6.20 Å². The van der Waals surface area contributed by atoms with Crippen LogP contribution in [0.3, 0.4) is 0 Å². The summed E-state index contributed by atoms with van der Waals surface area (Å²) in [4.78, 5) is 4.50. The van der Waals surface area contributed by atoms with Gasteiger partial charge in [-0.3, -0.25) is 0 Å². The highest BCUT2D eigenvalue weighted by Crippen LogP contribution is 2.31. The maximum absolute atomic E-state index is 8.65. The number of hydrogen-bond acceptors (Lipinski definition) is 6. The van der Waals surface area contributed by atoms with Crippen LogP contribution in [0.1, 0.15) is 6.92 Å². The molecule has 0 spiro atoms. The van der Waals surface area contributed by atoms with Gasteiger partial charge in [-0.25, -0.2) is 4.98 Å². The topological polar surface area (TPSA) is 72.5 Å². The Kier molecular flexibility index (Phi) is 4.40. The number of anilines is 1. The van der Waals surface area contributed by atoms with E-state index in [0.29, 0.717) is 0 Å². The maximum Gasteiger partial charge on any atom is 0.151 e. The molecule has 0 bridgehead atoms. The molecular formula is C13H10N4S2. The van der Waals surface area contributed by atoms with Gasteiger partial charge in [0.2, 0.25) is 0 Å². The number of rotatable bonds is 4. The summed E-state index contributed by atoms with van der Waals surface area (Å²) >= 11 is 3.36. The fourth-order valence-electron chi connectivity index (χ4n) is 1.42. The van der Waals surface area contributed by atoms with Crippen LogP contribution in [0.5, 0.6) is 0 Å². The van der Waals surface area contributed by atoms with E-state index in [2.05, 4.69) is 17.2 Å². The zero-order valence-corrected chi connectivity index (χ0v) is 11.8. The Morgan fingerprint density at radius 2 is 2.26 bits per heavy atom. The Labute approximate surface area is 119 Å². The molecule has 4 nitrogen and oxygen atoms in total. The Morgan fingerprint density at radius 1 is 1.47 bits per heavy atom. The third kappa shape index (κ3) is 3.25. The quantitative estimate of drug-likeness (QED) is 0.684. The molecule has 0 unspecified atom stereocenters. The van der Waals surface area contributed by atoms with E-state index in [4.69, 9.17) is 10.5 Å². The standard InChI is InChI=1S/C13H10N4S2/c1-2-18-13-17-11-4-3-10(5-12(11)19-13)16-8-9(6-14)7-15/h3-5,8,16H,2H2,1H3. The first kappa shape index (κ1) is 13.4. The number of aromatic nitrogens is 1. The SMILES string of the molecule is CCSc1nc2ccc(NC=C(C#N)C#N)cc2s1. The van der Waals surface area contributed by atoms with Gasteiger partial charge in [-0.15, -0.1) is 11.3 Å². The van der Waals surface area contributed by atoms with Crippen molar-refractivity contribution >= 4 is 39.0 Å². The van der Waals surface area contributed by atoms with Crippen molar-refractivity contribution in [3.63, 3.8) is 0 Å². The molecule has 0 aliphatic carbocycles. The van der Waals surface area contributed by atoms with Crippen LogP contribution in [0.25, 0.3) is 10.2 Å². The number of fused-ring (bicyclic) bond motifs is 1. The predicted octanol–water partition coefficient (Wildman–Crippen LogP) is 3.75. The number of thiazole rings is 1. The molecule has 6 heteroatoms. The molecule has 0 atom stereocenters. The lowest BCUT2D eigenvalue weighted by Crippen LogP contribution is -1.89. The van der Waals surface area contributed by atoms with Crippen molar-refractivity contribution in [3.05, 3.63) is 30.0 Å². The van der Waals surface area contributed by atoms with Crippen molar-refractivity contribution in [3.8, 4) is 12.1 Å². The molecule has 0 aliphatic heterocycles. The first-order valence-corrected chi connectivity index (χ1v) is 7.37. The molecule has 1 N–H and O–H groups in total. The number of nitriles is 2. The second-order valence-electron chi connectivity index (χ2n) is 3.52. The summed E-state index contributed by atoms with van der Waals surface area (Å²) in [6, 6.07) is 9.39. The Balaban J connectivity index is 2.25. The normalized spacial score (nSPS) is 9.63. The van der Waals surface area contributed by atoms with Crippen LogP contribution in [-0.4, -0.2) is 10.7 Å². The van der Waals surface area contributed by atoms with Gasteiger partial charge in [0, 0.05) is 11.9 Å². The summed E-state index contributed by atoms with van der Waals surface area (Å²) in [7, 11) is 0. The van der Waals surface area contributed by atoms with E-state index >= 15 is 0 Å². The van der Waals surface area contributed by atoms with Crippen molar-refractivity contribution in [1.82, 2.24) is 4.98 Å². The minimum Gasteiger partial charge on any atom is -0.360 e. The molecule has 0 saturated carbocycles. The molecule has 0 fully saturated rings. The summed E-state index contributed by atoms with van der Waals surface area (Å²) in [5, 5.41) is 20.2. The van der Waals surface area contributed by atoms with Crippen molar-refractivity contribution in [2.24, 2.45) is 0 Å². The highest BCUT2D eigenvalue weighted by atomic mass is 32.2. The van der Waals surface area contributed by atoms with Crippen LogP contribution in [0.2, 0.25) is 0 Å². The van der Waals surface area contributed by atoms with Gasteiger partial charge in [0.25, 0.3) is 0 Å². The minimum absolute atomic E-state index is 0.0478. The van der Waals surface area contributed by atoms with Gasteiger partial charge in [0.05, 0.1) is 10.2 Å². The van der Waals surface area contributed by atoms with Crippen LogP contribution < -0.4 is 5.32 Å². The fraction of sp³-hybridized carbons (Fsp3) is 0.154. The number of nitrogens with zero attached hydrogens (tertiary/aromatic N) is 3. The van der Waals surface area contributed by atoms with Crippen LogP contribution in [-0.2, 0) is 0 Å². The van der Waals surface area contributed by atoms with E-state index in [9.17, 15) is 0 Å². The van der Waals surface area contributed by atoms with Gasteiger partial charge in [0.1, 0.15) is 17.7 Å². The van der Waals surface area contributed by atoms with Crippen molar-refractivity contribution in [1.29, 1.82) is 10.5 Å². The molecule has 2 aromatic rings. The van der Waals surface area contributed by atoms with Crippen molar-refractivity contribution in [2.75, 3.05) is 11.1 Å². The second kappa shape index (κ2) is 6.24. The molecule has 0 amide bonds. The van der Waals surface area contributed by atoms with Gasteiger partial charge in [-0.1, -0.05) is 18.7 Å². The lowest BCUT2D eigenvalue weighted by atomic mass is 10.3. The minimum atomic E-state index is 0.0478. The number of allylic oxidation sites excluding steroid dienone is 1. The van der Waals surface area contributed by atoms with E-state index in [1.807, 2.05) is 18.2 Å². The lowest BCUT2D eigenvalue weighted by Gasteiger charge is -1.99. The smallest absolute Gasteiger partial charge is 0.151 e. The van der Waals surface area contributed by atoms with Crippen molar-refractivity contribution < 1.29 is 0 Å². The maximum atomic E-state index is 8.65. The average Bonchev–Trinajstić information content (AvgIpc) is 2.82. The zero-order chi connectivity index (χ0) is 13.7. The Hall–Kier alpha value is -2.02. The number of benzene rings is 1. The van der Waals surface area contributed by atoms with Gasteiger partial charge < -0.3 is 5.32 Å². The summed E-state index contributed by atoms with van der Waals surface area (Å²) in [6.07, 6.45) is 1.41. The van der Waals surface area contributed by atoms with E-state index < -0.39 is 0 Å². The largest absolute Gasteiger partial charge is 0.360 e. The molecule has 0 saturated heterocycles. The highest BCUT2D eigenvalue weighted by Gasteiger charge is 2.04. The van der Waals surface area contributed by atoms with Crippen LogP contribution in [0.4, 0.5) is 5.69 Å². The number of thioether (sulfide) groups is 1. The number of nitrogens with one attached hydrogen (secondary N) is 1. The Morgan fingerprint density at radius 3 is 2.95 bits per heavy atom. The molecule has 0 aliphatic rings. The molecular weight excluding hydrogens is 276 g/mol. The van der Waals surface area contributed by atoms with Crippen LogP contribution in [0, 0.1) is 22.7 Å². The summed E-state index contributed by atoms with van der Waals surface area (Å²) < 4.78 is 2.14. The van der Waals surface area contributed by atoms with Crippen LogP contribution in [0.15, 0.2) is 34.3 Å². The second-order valence-corrected chi connectivity index (χ2v) is 6.06. The first-order chi connectivity index (χ1) is 9.26. The monoisotopic (exact) mass is 286 g/mol. The van der Waals surface area contributed by atoms with Gasteiger partial charge >= 0.3 is 0 Å². The fourth-order valence-corrected chi connectivity index (χ4v) is 3.43. The van der Waals surface area contributed by atoms with Crippen molar-refractivity contribution in [2.45, 2.75) is 11.3 Å². The molecule has 0 radical (unpaired) electrons. The van der Waals surface area contributed by atoms with E-state index in [1.54, 1.807) is 35.2 Å². The lowest BCUT2D eigenvalue weighted by molar-refractivity contribution is 1.30. The first-order valence-electron chi connectivity index (χ1n) is 5.57. The molecule has 1 aromatic heterocycles. The summed E-state index contributed by atoms with van der Waals surface area (Å²) in [5.41, 5.74) is 1.86. The number of hydrogen-bond donors (Lipinski definition) is 1. The third-order valence-electron chi connectivity index (χ3n) is 2.26. The molecule has 1 heterocycles. The summed E-state index contributed by atoms with van der Waals surface area (Å²) in [5.74, 6) is 1.00. The molecule has 1 aromatic carbocycles. The zero-order valence-electron chi connectivity index (χ0n) is 10.2. The van der Waals surface area contributed by atoms with E-state index in [-0.39, 0.29) is 5.57 Å². The predicted molar refractivity (Wildman–Crippen MR) is 78.9 cm³/mol. The highest BCUT2D eigenvalue weighted by molar-refractivity contribution is 8.01. The van der Waals surface area contributed by atoms with Crippen LogP contribution >= 0.6 is 23.1 Å². The van der Waals surface area contributed by atoms with Gasteiger partial charge in [-0.2, -0.15) is 10.5 Å². The average molecular weight is 286 g/mol. The summed E-state index contributed by atoms with van der Waals surface area (Å²) in [6.45, 7) is 2.10. The third-order valence-corrected chi connectivity index (χ3v) is 4.30. The van der Waals surface area contributed by atoms with Gasteiger partial charge in [-0.05, 0) is 24.0 Å². The van der Waals surface area contributed by atoms with Gasteiger partial charge in [0.15, 0.2) is 4.34 Å². The Bertz CT molecular complexity index is 687. The molecule has 2 rings (SSSR count). The molecule has 19 heavy (non-hydrogen) atoms. The van der Waals surface area contributed by atoms with E-state index in [0.717, 1.165) is 26.0 Å². The molecule has 94 valence electrons.